The van der Waals surface area contributed by atoms with Crippen LogP contribution in [0.15, 0.2) is 24.8 Å². The lowest BCUT2D eigenvalue weighted by Gasteiger charge is -2.01. The van der Waals surface area contributed by atoms with Gasteiger partial charge < -0.3 is 0 Å². The normalized spacial score (nSPS) is 6.94. The molecule has 0 saturated heterocycles. The fourth-order valence-corrected chi connectivity index (χ4v) is 0. The van der Waals surface area contributed by atoms with Crippen molar-refractivity contribution in [3.8, 4) is 0 Å². The third kappa shape index (κ3) is 71.9. The SMILES string of the molecule is C=C(C)C(F)(F)F.C=CC.CC.CC.CC. The highest BCUT2D eigenvalue weighted by Crippen LogP contribution is 2.22. The van der Waals surface area contributed by atoms with Crippen LogP contribution < -0.4 is 0 Å². The van der Waals surface area contributed by atoms with Gasteiger partial charge in [0.05, 0.1) is 0 Å². The molecule has 0 unspecified atom stereocenters. The average molecular weight is 242 g/mol. The molecule has 0 aliphatic heterocycles. The fourth-order valence-electron chi connectivity index (χ4n) is 0. The van der Waals surface area contributed by atoms with Crippen molar-refractivity contribution in [2.24, 2.45) is 0 Å². The van der Waals surface area contributed by atoms with Gasteiger partial charge in [0, 0.05) is 5.57 Å². The number of rotatable bonds is 0. The van der Waals surface area contributed by atoms with Crippen LogP contribution >= 0.6 is 0 Å². The van der Waals surface area contributed by atoms with Crippen LogP contribution in [0, 0.1) is 0 Å². The second-order valence-electron chi connectivity index (χ2n) is 1.69. The maximum absolute atomic E-state index is 11.1. The Kier molecular flexibility index (Phi) is 53.9. The van der Waals surface area contributed by atoms with Gasteiger partial charge in [0.1, 0.15) is 0 Å². The lowest BCUT2D eigenvalue weighted by Crippen LogP contribution is -2.06. The Morgan fingerprint density at radius 3 is 1.00 bits per heavy atom. The second kappa shape index (κ2) is 29.2. The summed E-state index contributed by atoms with van der Waals surface area (Å²) in [5.41, 5.74) is -0.757. The maximum atomic E-state index is 11.1. The van der Waals surface area contributed by atoms with Gasteiger partial charge >= 0.3 is 6.18 Å². The summed E-state index contributed by atoms with van der Waals surface area (Å²) in [6.07, 6.45) is -2.44. The fraction of sp³-hybridized carbons (Fsp3) is 0.692. The number of alkyl halides is 3. The molecule has 0 spiro atoms. The van der Waals surface area contributed by atoms with E-state index in [0.29, 0.717) is 0 Å². The highest BCUT2D eigenvalue weighted by molar-refractivity contribution is 4.96. The summed E-state index contributed by atoms with van der Waals surface area (Å²) in [6.45, 7) is 20.9. The Morgan fingerprint density at radius 1 is 0.938 bits per heavy atom. The second-order valence-corrected chi connectivity index (χ2v) is 1.69. The summed E-state index contributed by atoms with van der Waals surface area (Å²) < 4.78 is 33.2. The monoisotopic (exact) mass is 242 g/mol. The molecule has 0 aliphatic carbocycles. The topological polar surface area (TPSA) is 0 Å². The van der Waals surface area contributed by atoms with Gasteiger partial charge in [-0.15, -0.1) is 6.58 Å². The van der Waals surface area contributed by atoms with Crippen LogP contribution in [-0.2, 0) is 0 Å². The molecule has 0 aromatic carbocycles. The van der Waals surface area contributed by atoms with Crippen molar-refractivity contribution in [2.45, 2.75) is 61.6 Å². The molecule has 0 atom stereocenters. The van der Waals surface area contributed by atoms with Crippen molar-refractivity contribution in [1.29, 1.82) is 0 Å². The van der Waals surface area contributed by atoms with E-state index < -0.39 is 11.7 Å². The maximum Gasteiger partial charge on any atom is 0.411 e. The highest BCUT2D eigenvalue weighted by atomic mass is 19.4. The molecule has 0 aromatic heterocycles. The molecule has 0 saturated carbocycles. The van der Waals surface area contributed by atoms with Crippen molar-refractivity contribution < 1.29 is 13.2 Å². The zero-order valence-corrected chi connectivity index (χ0v) is 12.1. The zero-order valence-electron chi connectivity index (χ0n) is 12.1. The van der Waals surface area contributed by atoms with E-state index in [4.69, 9.17) is 0 Å². The largest absolute Gasteiger partial charge is 0.411 e. The summed E-state index contributed by atoms with van der Waals surface area (Å²) in [6, 6.07) is 0. The van der Waals surface area contributed by atoms with Gasteiger partial charge in [-0.2, -0.15) is 13.2 Å². The van der Waals surface area contributed by atoms with Gasteiger partial charge in [-0.1, -0.05) is 54.2 Å². The molecule has 0 radical (unpaired) electrons. The van der Waals surface area contributed by atoms with Gasteiger partial charge in [-0.05, 0) is 13.8 Å². The molecule has 0 nitrogen and oxygen atoms in total. The first kappa shape index (κ1) is 29.5. The first-order chi connectivity index (χ1) is 7.36. The molecule has 3 heteroatoms. The zero-order chi connectivity index (χ0) is 14.8. The first-order valence-corrected chi connectivity index (χ1v) is 5.66. The van der Waals surface area contributed by atoms with Gasteiger partial charge in [-0.25, -0.2) is 0 Å². The summed E-state index contributed by atoms with van der Waals surface area (Å²) in [5, 5.41) is 0. The summed E-state index contributed by atoms with van der Waals surface area (Å²) in [4.78, 5) is 0. The smallest absolute Gasteiger partial charge is 0.167 e. The number of hydrogen-bond donors (Lipinski definition) is 0. The molecular formula is C13H29F3. The van der Waals surface area contributed by atoms with E-state index in [-0.39, 0.29) is 0 Å². The van der Waals surface area contributed by atoms with Crippen molar-refractivity contribution >= 4 is 0 Å². The van der Waals surface area contributed by atoms with Crippen molar-refractivity contribution in [3.63, 3.8) is 0 Å². The molecule has 0 heterocycles. The van der Waals surface area contributed by atoms with Crippen molar-refractivity contribution in [2.75, 3.05) is 0 Å². The lowest BCUT2D eigenvalue weighted by molar-refractivity contribution is -0.0909. The van der Waals surface area contributed by atoms with Gasteiger partial charge in [0.15, 0.2) is 0 Å². The van der Waals surface area contributed by atoms with Crippen LogP contribution in [-0.4, -0.2) is 6.18 Å². The predicted molar refractivity (Wildman–Crippen MR) is 70.8 cm³/mol. The minimum absolute atomic E-state index is 0.757. The summed E-state index contributed by atoms with van der Waals surface area (Å²) in [7, 11) is 0. The Labute approximate surface area is 100 Å². The standard InChI is InChI=1S/C4H5F3.C3H6.3C2H6/c1-3(2)4(5,6)7;1-3-2;3*1-2/h1H2,2H3;3H,1H2,2H3;3*1-2H3. The van der Waals surface area contributed by atoms with Crippen LogP contribution in [0.4, 0.5) is 13.2 Å². The molecule has 0 amide bonds. The Hall–Kier alpha value is -0.730. The Bertz CT molecular complexity index is 113. The minimum Gasteiger partial charge on any atom is -0.167 e. The van der Waals surface area contributed by atoms with Crippen molar-refractivity contribution in [1.82, 2.24) is 0 Å². The minimum atomic E-state index is -4.19. The molecule has 16 heavy (non-hydrogen) atoms. The van der Waals surface area contributed by atoms with E-state index >= 15 is 0 Å². The van der Waals surface area contributed by atoms with Gasteiger partial charge in [0.25, 0.3) is 0 Å². The molecule has 0 fully saturated rings. The average Bonchev–Trinajstić information content (AvgIpc) is 2.26. The number of allylic oxidation sites excluding steroid dienone is 2. The first-order valence-electron chi connectivity index (χ1n) is 5.66. The van der Waals surface area contributed by atoms with Crippen LogP contribution in [0.1, 0.15) is 55.4 Å². The van der Waals surface area contributed by atoms with Gasteiger partial charge in [0.2, 0.25) is 0 Å². The lowest BCUT2D eigenvalue weighted by atomic mass is 10.3. The molecule has 0 bridgehead atoms. The van der Waals surface area contributed by atoms with Crippen LogP contribution in [0.5, 0.6) is 0 Å². The molecule has 102 valence electrons. The predicted octanol–water partition coefficient (Wildman–Crippen LogP) is 6.40. The Morgan fingerprint density at radius 2 is 1.00 bits per heavy atom. The van der Waals surface area contributed by atoms with E-state index in [9.17, 15) is 13.2 Å². The summed E-state index contributed by atoms with van der Waals surface area (Å²) >= 11 is 0. The molecule has 0 rings (SSSR count). The van der Waals surface area contributed by atoms with E-state index in [1.165, 1.54) is 0 Å². The number of halogens is 3. The third-order valence-electron chi connectivity index (χ3n) is 0.484. The Balaban J connectivity index is -0.0000000379. The third-order valence-corrected chi connectivity index (χ3v) is 0.484. The molecule has 0 N–H and O–H groups in total. The molecule has 0 aliphatic rings. The van der Waals surface area contributed by atoms with Crippen LogP contribution in [0.2, 0.25) is 0 Å². The quantitative estimate of drug-likeness (QED) is 0.431. The molecular weight excluding hydrogens is 213 g/mol. The van der Waals surface area contributed by atoms with Crippen LogP contribution in [0.25, 0.3) is 0 Å². The highest BCUT2D eigenvalue weighted by Gasteiger charge is 2.27. The van der Waals surface area contributed by atoms with E-state index in [2.05, 4.69) is 13.2 Å². The van der Waals surface area contributed by atoms with Crippen molar-refractivity contribution in [3.05, 3.63) is 24.8 Å². The van der Waals surface area contributed by atoms with Gasteiger partial charge in [-0.3, -0.25) is 0 Å². The number of hydrogen-bond acceptors (Lipinski definition) is 0. The van der Waals surface area contributed by atoms with E-state index in [1.807, 2.05) is 48.5 Å². The molecule has 0 aromatic rings. The van der Waals surface area contributed by atoms with Crippen LogP contribution in [0.3, 0.4) is 0 Å². The van der Waals surface area contributed by atoms with E-state index in [0.717, 1.165) is 6.92 Å². The summed E-state index contributed by atoms with van der Waals surface area (Å²) in [5.74, 6) is 0. The van der Waals surface area contributed by atoms with E-state index in [1.54, 1.807) is 6.08 Å².